The first-order valence-electron chi connectivity index (χ1n) is 6.33. The molecule has 0 saturated heterocycles. The summed E-state index contributed by atoms with van der Waals surface area (Å²) in [4.78, 5) is 0. The lowest BCUT2D eigenvalue weighted by molar-refractivity contribution is 0.251. The summed E-state index contributed by atoms with van der Waals surface area (Å²) in [6.45, 7) is 2.15. The molecule has 0 aromatic heterocycles. The Morgan fingerprint density at radius 1 is 1.05 bits per heavy atom. The van der Waals surface area contributed by atoms with Crippen LogP contribution in [0, 0.1) is 5.82 Å². The summed E-state index contributed by atoms with van der Waals surface area (Å²) in [5.41, 5.74) is 2.69. The molecule has 0 aliphatic heterocycles. The zero-order chi connectivity index (χ0) is 13.7. The number of hydrogen-bond acceptors (Lipinski definition) is 2. The number of halogens is 1. The van der Waals surface area contributed by atoms with Crippen molar-refractivity contribution in [1.29, 1.82) is 0 Å². The molecule has 0 saturated carbocycles. The summed E-state index contributed by atoms with van der Waals surface area (Å²) < 4.78 is 19.1. The Bertz CT molecular complexity index is 535. The van der Waals surface area contributed by atoms with Crippen molar-refractivity contribution >= 4 is 0 Å². The van der Waals surface area contributed by atoms with Gasteiger partial charge in [0.15, 0.2) is 11.6 Å². The molecule has 19 heavy (non-hydrogen) atoms. The van der Waals surface area contributed by atoms with Crippen LogP contribution in [0.1, 0.15) is 23.6 Å². The SMILES string of the molecule is CCc1ccc(COc2c(F)cccc2CO)cc1. The molecule has 0 unspecified atom stereocenters. The Hall–Kier alpha value is -1.87. The fraction of sp³-hybridized carbons (Fsp3) is 0.250. The van der Waals surface area contributed by atoms with E-state index in [0.29, 0.717) is 5.56 Å². The van der Waals surface area contributed by atoms with Crippen LogP contribution in [-0.2, 0) is 19.6 Å². The molecule has 2 rings (SSSR count). The maximum Gasteiger partial charge on any atom is 0.165 e. The zero-order valence-electron chi connectivity index (χ0n) is 10.9. The highest BCUT2D eigenvalue weighted by molar-refractivity contribution is 5.34. The molecule has 0 radical (unpaired) electrons. The van der Waals surface area contributed by atoms with Crippen molar-refractivity contribution in [2.75, 3.05) is 0 Å². The summed E-state index contributed by atoms with van der Waals surface area (Å²) in [6, 6.07) is 12.5. The minimum Gasteiger partial charge on any atom is -0.485 e. The van der Waals surface area contributed by atoms with Gasteiger partial charge in [0.2, 0.25) is 0 Å². The lowest BCUT2D eigenvalue weighted by atomic mass is 10.1. The van der Waals surface area contributed by atoms with Gasteiger partial charge in [0.1, 0.15) is 6.61 Å². The minimum atomic E-state index is -0.447. The summed E-state index contributed by atoms with van der Waals surface area (Å²) >= 11 is 0. The van der Waals surface area contributed by atoms with Crippen molar-refractivity contribution in [3.8, 4) is 5.75 Å². The highest BCUT2D eigenvalue weighted by atomic mass is 19.1. The van der Waals surface area contributed by atoms with Crippen LogP contribution >= 0.6 is 0 Å². The summed E-state index contributed by atoms with van der Waals surface area (Å²) in [6.07, 6.45) is 0.989. The predicted octanol–water partition coefficient (Wildman–Crippen LogP) is 3.46. The van der Waals surface area contributed by atoms with Gasteiger partial charge in [-0.25, -0.2) is 4.39 Å². The van der Waals surface area contributed by atoms with Crippen molar-refractivity contribution < 1.29 is 14.2 Å². The second kappa shape index (κ2) is 6.34. The van der Waals surface area contributed by atoms with E-state index in [2.05, 4.69) is 6.92 Å². The summed E-state index contributed by atoms with van der Waals surface area (Å²) in [5, 5.41) is 9.16. The normalized spacial score (nSPS) is 10.5. The third kappa shape index (κ3) is 3.32. The van der Waals surface area contributed by atoms with E-state index in [0.717, 1.165) is 12.0 Å². The number of ether oxygens (including phenoxy) is 1. The molecule has 2 aromatic carbocycles. The van der Waals surface area contributed by atoms with Crippen molar-refractivity contribution in [1.82, 2.24) is 0 Å². The van der Waals surface area contributed by atoms with Gasteiger partial charge in [0.05, 0.1) is 6.61 Å². The third-order valence-corrected chi connectivity index (χ3v) is 3.03. The molecular weight excluding hydrogens is 243 g/mol. The number of rotatable bonds is 5. The van der Waals surface area contributed by atoms with E-state index in [1.165, 1.54) is 11.6 Å². The van der Waals surface area contributed by atoms with Crippen LogP contribution in [0.15, 0.2) is 42.5 Å². The predicted molar refractivity (Wildman–Crippen MR) is 72.5 cm³/mol. The molecule has 0 heterocycles. The summed E-state index contributed by atoms with van der Waals surface area (Å²) in [5.74, 6) is -0.318. The van der Waals surface area contributed by atoms with Crippen LogP contribution in [0.3, 0.4) is 0 Å². The highest BCUT2D eigenvalue weighted by Gasteiger charge is 2.09. The Kier molecular flexibility index (Phi) is 4.53. The lowest BCUT2D eigenvalue weighted by Gasteiger charge is -2.11. The lowest BCUT2D eigenvalue weighted by Crippen LogP contribution is -2.01. The maximum atomic E-state index is 13.6. The van der Waals surface area contributed by atoms with Crippen LogP contribution in [-0.4, -0.2) is 5.11 Å². The molecule has 1 N–H and O–H groups in total. The fourth-order valence-corrected chi connectivity index (χ4v) is 1.87. The second-order valence-corrected chi connectivity index (χ2v) is 4.34. The number of aliphatic hydroxyl groups is 1. The van der Waals surface area contributed by atoms with Crippen LogP contribution in [0.4, 0.5) is 4.39 Å². The molecule has 0 bridgehead atoms. The van der Waals surface area contributed by atoms with Gasteiger partial charge >= 0.3 is 0 Å². The molecule has 100 valence electrons. The molecule has 0 aliphatic carbocycles. The van der Waals surface area contributed by atoms with Gasteiger partial charge in [-0.3, -0.25) is 0 Å². The van der Waals surface area contributed by atoms with E-state index in [4.69, 9.17) is 9.84 Å². The maximum absolute atomic E-state index is 13.6. The number of aliphatic hydroxyl groups excluding tert-OH is 1. The zero-order valence-corrected chi connectivity index (χ0v) is 10.9. The van der Waals surface area contributed by atoms with Gasteiger partial charge in [0.25, 0.3) is 0 Å². The minimum absolute atomic E-state index is 0.129. The first-order chi connectivity index (χ1) is 9.24. The van der Waals surface area contributed by atoms with Gasteiger partial charge in [-0.15, -0.1) is 0 Å². The monoisotopic (exact) mass is 260 g/mol. The van der Waals surface area contributed by atoms with Crippen LogP contribution in [0.25, 0.3) is 0 Å². The molecule has 3 heteroatoms. The van der Waals surface area contributed by atoms with Crippen molar-refractivity contribution in [3.63, 3.8) is 0 Å². The van der Waals surface area contributed by atoms with Crippen LogP contribution in [0.2, 0.25) is 0 Å². The van der Waals surface area contributed by atoms with Crippen molar-refractivity contribution in [3.05, 3.63) is 65.0 Å². The number of hydrogen-bond donors (Lipinski definition) is 1. The van der Waals surface area contributed by atoms with E-state index < -0.39 is 5.82 Å². The average Bonchev–Trinajstić information content (AvgIpc) is 2.46. The van der Waals surface area contributed by atoms with Gasteiger partial charge in [-0.2, -0.15) is 0 Å². The van der Waals surface area contributed by atoms with Crippen molar-refractivity contribution in [2.24, 2.45) is 0 Å². The van der Waals surface area contributed by atoms with Crippen molar-refractivity contribution in [2.45, 2.75) is 26.6 Å². The van der Waals surface area contributed by atoms with E-state index in [1.807, 2.05) is 24.3 Å². The van der Waals surface area contributed by atoms with E-state index >= 15 is 0 Å². The Labute approximate surface area is 112 Å². The number of benzene rings is 2. The average molecular weight is 260 g/mol. The third-order valence-electron chi connectivity index (χ3n) is 3.03. The molecule has 2 nitrogen and oxygen atoms in total. The van der Waals surface area contributed by atoms with Crippen LogP contribution < -0.4 is 4.74 Å². The molecule has 2 aromatic rings. The van der Waals surface area contributed by atoms with E-state index in [-0.39, 0.29) is 19.0 Å². The van der Waals surface area contributed by atoms with Gasteiger partial charge < -0.3 is 9.84 Å². The Balaban J connectivity index is 2.09. The van der Waals surface area contributed by atoms with Gasteiger partial charge in [-0.1, -0.05) is 43.3 Å². The van der Waals surface area contributed by atoms with Crippen LogP contribution in [0.5, 0.6) is 5.75 Å². The van der Waals surface area contributed by atoms with Gasteiger partial charge in [0, 0.05) is 5.56 Å². The Morgan fingerprint density at radius 3 is 2.37 bits per heavy atom. The smallest absolute Gasteiger partial charge is 0.165 e. The molecule has 0 aliphatic rings. The van der Waals surface area contributed by atoms with Gasteiger partial charge in [-0.05, 0) is 23.6 Å². The standard InChI is InChI=1S/C16H17FO2/c1-2-12-6-8-13(9-7-12)11-19-16-14(10-18)4-3-5-15(16)17/h3-9,18H,2,10-11H2,1H3. The molecule has 0 fully saturated rings. The molecule has 0 atom stereocenters. The summed E-state index contributed by atoms with van der Waals surface area (Å²) in [7, 11) is 0. The number of para-hydroxylation sites is 1. The largest absolute Gasteiger partial charge is 0.485 e. The molecule has 0 amide bonds. The first-order valence-corrected chi connectivity index (χ1v) is 6.33. The second-order valence-electron chi connectivity index (χ2n) is 4.34. The topological polar surface area (TPSA) is 29.5 Å². The fourth-order valence-electron chi connectivity index (χ4n) is 1.87. The molecule has 0 spiro atoms. The quantitative estimate of drug-likeness (QED) is 0.892. The molecular formula is C16H17FO2. The van der Waals surface area contributed by atoms with E-state index in [9.17, 15) is 4.39 Å². The Morgan fingerprint density at radius 2 is 1.74 bits per heavy atom. The first kappa shape index (κ1) is 13.6. The number of aryl methyl sites for hydroxylation is 1. The van der Waals surface area contributed by atoms with E-state index in [1.54, 1.807) is 12.1 Å². The highest BCUT2D eigenvalue weighted by Crippen LogP contribution is 2.23.